The van der Waals surface area contributed by atoms with E-state index in [-0.39, 0.29) is 35.4 Å². The molecular weight excluding hydrogens is 572 g/mol. The molecule has 2 aromatic carbocycles. The summed E-state index contributed by atoms with van der Waals surface area (Å²) in [7, 11) is 0. The first-order valence-corrected chi connectivity index (χ1v) is 13.4. The lowest BCUT2D eigenvalue weighted by atomic mass is 9.98. The van der Waals surface area contributed by atoms with E-state index in [2.05, 4.69) is 21.6 Å². The van der Waals surface area contributed by atoms with Crippen LogP contribution in [0.1, 0.15) is 40.9 Å². The maximum Gasteiger partial charge on any atom is 0.416 e. The number of halogens is 4. The molecule has 0 spiro atoms. The quantitative estimate of drug-likeness (QED) is 0.312. The normalized spacial score (nSPS) is 18.8. The second-order valence-electron chi connectivity index (χ2n) is 10.4. The van der Waals surface area contributed by atoms with Gasteiger partial charge in [-0.1, -0.05) is 29.5 Å². The molecular formula is C29H24F4N6O4. The molecule has 2 aromatic heterocycles. The summed E-state index contributed by atoms with van der Waals surface area (Å²) in [5.74, 6) is -2.37. The SMILES string of the molecule is NC(=O)c1nn(CC(=O)N2CC(F)CC2C(=O)Nc2noc3cc(C(F)(F)F)ccc23)c2ccc(C3=CCCC=C3)cc12. The average Bonchev–Trinajstić information content (AvgIpc) is 3.68. The van der Waals surface area contributed by atoms with Crippen molar-refractivity contribution in [1.82, 2.24) is 19.8 Å². The number of allylic oxidation sites excluding steroid dienone is 4. The Hall–Kier alpha value is -5.01. The van der Waals surface area contributed by atoms with E-state index < -0.39 is 48.2 Å². The van der Waals surface area contributed by atoms with Crippen LogP contribution in [0.25, 0.3) is 27.4 Å². The maximum absolute atomic E-state index is 14.5. The molecule has 2 atom stereocenters. The zero-order chi connectivity index (χ0) is 30.5. The number of amides is 3. The van der Waals surface area contributed by atoms with Gasteiger partial charge in [0.25, 0.3) is 5.91 Å². The number of nitrogens with zero attached hydrogens (tertiary/aromatic N) is 4. The number of primary amides is 1. The fraction of sp³-hybridized carbons (Fsp3) is 0.276. The number of nitrogens with one attached hydrogen (secondary N) is 1. The van der Waals surface area contributed by atoms with Crippen LogP contribution in [0.15, 0.2) is 59.1 Å². The van der Waals surface area contributed by atoms with E-state index in [1.165, 1.54) is 4.68 Å². The van der Waals surface area contributed by atoms with Gasteiger partial charge < -0.3 is 20.5 Å². The summed E-state index contributed by atoms with van der Waals surface area (Å²) in [6.45, 7) is -0.771. The van der Waals surface area contributed by atoms with Gasteiger partial charge in [0.05, 0.1) is 23.0 Å². The van der Waals surface area contributed by atoms with E-state index >= 15 is 0 Å². The molecule has 3 N–H and O–H groups in total. The molecule has 1 fully saturated rings. The van der Waals surface area contributed by atoms with Crippen molar-refractivity contribution >= 4 is 51.0 Å². The Labute approximate surface area is 240 Å². The number of hydrogen-bond donors (Lipinski definition) is 2. The highest BCUT2D eigenvalue weighted by Gasteiger charge is 2.40. The number of likely N-dealkylation sites (tertiary alicyclic amines) is 1. The van der Waals surface area contributed by atoms with Gasteiger partial charge >= 0.3 is 6.18 Å². The minimum atomic E-state index is -4.60. The first-order chi connectivity index (χ1) is 20.5. The van der Waals surface area contributed by atoms with Gasteiger partial charge in [0.15, 0.2) is 17.1 Å². The monoisotopic (exact) mass is 596 g/mol. The number of benzene rings is 2. The lowest BCUT2D eigenvalue weighted by Gasteiger charge is -2.23. The van der Waals surface area contributed by atoms with Gasteiger partial charge in [-0.25, -0.2) is 4.39 Å². The second-order valence-corrected chi connectivity index (χ2v) is 10.4. The van der Waals surface area contributed by atoms with Crippen molar-refractivity contribution in [2.24, 2.45) is 5.73 Å². The van der Waals surface area contributed by atoms with Crippen LogP contribution in [0.5, 0.6) is 0 Å². The van der Waals surface area contributed by atoms with Crippen LogP contribution >= 0.6 is 0 Å². The lowest BCUT2D eigenvalue weighted by Crippen LogP contribution is -2.44. The predicted octanol–water partition coefficient (Wildman–Crippen LogP) is 4.61. The highest BCUT2D eigenvalue weighted by Crippen LogP contribution is 2.34. The van der Waals surface area contributed by atoms with Crippen LogP contribution < -0.4 is 11.1 Å². The molecule has 2 aliphatic rings. The molecule has 1 aliphatic carbocycles. The van der Waals surface area contributed by atoms with Crippen LogP contribution in [0.3, 0.4) is 0 Å². The minimum absolute atomic E-state index is 0.0317. The van der Waals surface area contributed by atoms with Gasteiger partial charge in [0.1, 0.15) is 18.8 Å². The van der Waals surface area contributed by atoms with Crippen molar-refractivity contribution < 1.29 is 36.5 Å². The van der Waals surface area contributed by atoms with E-state index in [9.17, 15) is 31.9 Å². The second kappa shape index (κ2) is 10.7. The van der Waals surface area contributed by atoms with Crippen LogP contribution in [0.4, 0.5) is 23.4 Å². The molecule has 0 saturated carbocycles. The Kier molecular flexibility index (Phi) is 6.98. The Morgan fingerprint density at radius 3 is 2.63 bits per heavy atom. The summed E-state index contributed by atoms with van der Waals surface area (Å²) >= 11 is 0. The summed E-state index contributed by atoms with van der Waals surface area (Å²) < 4.78 is 59.9. The lowest BCUT2D eigenvalue weighted by molar-refractivity contribution is -0.137. The Morgan fingerprint density at radius 1 is 1.09 bits per heavy atom. The number of hydrogen-bond acceptors (Lipinski definition) is 6. The van der Waals surface area contributed by atoms with Crippen LogP contribution in [-0.4, -0.2) is 56.3 Å². The summed E-state index contributed by atoms with van der Waals surface area (Å²) in [6, 6.07) is 6.76. The predicted molar refractivity (Wildman–Crippen MR) is 147 cm³/mol. The smallest absolute Gasteiger partial charge is 0.364 e. The molecule has 4 aromatic rings. The van der Waals surface area contributed by atoms with Crippen LogP contribution in [0, 0.1) is 0 Å². The standard InChI is InChI=1S/C29H24F4N6O4/c30-18-12-22(28(42)35-27-19-8-7-17(29(31,32)33)11-23(19)43-37-27)38(13-18)24(40)14-39-21-9-6-16(15-4-2-1-3-5-15)10-20(21)25(36-39)26(34)41/h2,4-11,18,22H,1,3,12-14H2,(H2,34,41)(H,35,37,42). The molecule has 0 radical (unpaired) electrons. The largest absolute Gasteiger partial charge is 0.416 e. The molecule has 43 heavy (non-hydrogen) atoms. The zero-order valence-corrected chi connectivity index (χ0v) is 22.4. The highest BCUT2D eigenvalue weighted by molar-refractivity contribution is 6.06. The molecule has 0 bridgehead atoms. The molecule has 3 heterocycles. The number of aromatic nitrogens is 3. The van der Waals surface area contributed by atoms with Crippen molar-refractivity contribution in [3.63, 3.8) is 0 Å². The summed E-state index contributed by atoms with van der Waals surface area (Å²) in [6.07, 6.45) is 1.52. The third-order valence-electron chi connectivity index (χ3n) is 7.51. The van der Waals surface area contributed by atoms with Gasteiger partial charge in [-0.05, 0) is 54.3 Å². The Balaban J connectivity index is 1.23. The summed E-state index contributed by atoms with van der Waals surface area (Å²) in [5.41, 5.74) is 6.67. The van der Waals surface area contributed by atoms with Crippen molar-refractivity contribution in [3.05, 3.63) is 71.4 Å². The molecule has 1 saturated heterocycles. The number of rotatable bonds is 6. The third kappa shape index (κ3) is 5.35. The zero-order valence-electron chi connectivity index (χ0n) is 22.4. The molecule has 222 valence electrons. The van der Waals surface area contributed by atoms with Crippen LogP contribution in [-0.2, 0) is 22.3 Å². The van der Waals surface area contributed by atoms with Gasteiger partial charge in [0.2, 0.25) is 11.8 Å². The van der Waals surface area contributed by atoms with Gasteiger partial charge in [-0.2, -0.15) is 18.3 Å². The molecule has 3 amide bonds. The van der Waals surface area contributed by atoms with E-state index in [0.717, 1.165) is 47.1 Å². The van der Waals surface area contributed by atoms with Gasteiger partial charge in [-0.15, -0.1) is 0 Å². The van der Waals surface area contributed by atoms with E-state index in [4.69, 9.17) is 10.3 Å². The fourth-order valence-electron chi connectivity index (χ4n) is 5.42. The average molecular weight is 597 g/mol. The Morgan fingerprint density at radius 2 is 1.91 bits per heavy atom. The molecule has 2 unspecified atom stereocenters. The maximum atomic E-state index is 14.5. The molecule has 6 rings (SSSR count). The van der Waals surface area contributed by atoms with E-state index in [1.807, 2.05) is 18.2 Å². The number of nitrogens with two attached hydrogens (primary N) is 1. The summed E-state index contributed by atoms with van der Waals surface area (Å²) in [4.78, 5) is 39.8. The van der Waals surface area contributed by atoms with Crippen LogP contribution in [0.2, 0.25) is 0 Å². The van der Waals surface area contributed by atoms with E-state index in [0.29, 0.717) is 10.9 Å². The Bertz CT molecular complexity index is 1840. The first kappa shape index (κ1) is 28.1. The molecule has 14 heteroatoms. The van der Waals surface area contributed by atoms with Crippen molar-refractivity contribution in [2.75, 3.05) is 11.9 Å². The van der Waals surface area contributed by atoms with Gasteiger partial charge in [0, 0.05) is 11.8 Å². The number of carbonyl (C=O) groups is 3. The molecule has 10 nitrogen and oxygen atoms in total. The number of fused-ring (bicyclic) bond motifs is 2. The van der Waals surface area contributed by atoms with Crippen molar-refractivity contribution in [3.8, 4) is 0 Å². The van der Waals surface area contributed by atoms with Gasteiger partial charge in [-0.3, -0.25) is 19.1 Å². The number of carbonyl (C=O) groups excluding carboxylic acids is 3. The topological polar surface area (TPSA) is 136 Å². The third-order valence-corrected chi connectivity index (χ3v) is 7.51. The number of anilines is 1. The highest BCUT2D eigenvalue weighted by atomic mass is 19.4. The fourth-order valence-corrected chi connectivity index (χ4v) is 5.42. The van der Waals surface area contributed by atoms with Crippen molar-refractivity contribution in [1.29, 1.82) is 0 Å². The minimum Gasteiger partial charge on any atom is -0.364 e. The van der Waals surface area contributed by atoms with Crippen molar-refractivity contribution in [2.45, 2.75) is 44.2 Å². The molecule has 1 aliphatic heterocycles. The summed E-state index contributed by atoms with van der Waals surface area (Å²) in [5, 5.41) is 10.9. The first-order valence-electron chi connectivity index (χ1n) is 13.4. The number of alkyl halides is 4. The van der Waals surface area contributed by atoms with E-state index in [1.54, 1.807) is 12.1 Å².